The van der Waals surface area contributed by atoms with Crippen LogP contribution in [0.2, 0.25) is 0 Å². The Hall–Kier alpha value is -0.710. The monoisotopic (exact) mass is 384 g/mol. The molecule has 160 valence electrons. The Morgan fingerprint density at radius 2 is 1.30 bits per heavy atom. The lowest BCUT2D eigenvalue weighted by Crippen LogP contribution is -2.50. The molecule has 4 heteroatoms. The molecular formula is C23H44O4. The lowest BCUT2D eigenvalue weighted by Gasteiger charge is -2.29. The van der Waals surface area contributed by atoms with Crippen LogP contribution in [0.3, 0.4) is 0 Å². The van der Waals surface area contributed by atoms with Crippen molar-refractivity contribution in [1.82, 2.24) is 0 Å². The van der Waals surface area contributed by atoms with Crippen molar-refractivity contribution >= 4 is 5.78 Å². The van der Waals surface area contributed by atoms with Gasteiger partial charge in [0.1, 0.15) is 6.10 Å². The summed E-state index contributed by atoms with van der Waals surface area (Å²) in [6, 6.07) is 0. The summed E-state index contributed by atoms with van der Waals surface area (Å²) in [6.45, 7) is 2.92. The van der Waals surface area contributed by atoms with Crippen molar-refractivity contribution in [2.24, 2.45) is 0 Å². The number of Topliss-reactive ketones (excluding diaryl/α,β-unsaturated/α-hetero) is 1. The molecule has 4 nitrogen and oxygen atoms in total. The number of hydrogen-bond donors (Lipinski definition) is 3. The minimum Gasteiger partial charge on any atom is -0.394 e. The number of rotatable bonds is 19. The number of ketones is 1. The standard InChI is InChI=1S/C23H44O4/c1-3-4-5-6-7-8-9-10-11-12-13-14-15-16-17-18-19-23(27,21(2)25)22(26)20-24/h10-11,22,24,26-27H,3-9,12-20H2,1-2H3. The molecule has 0 fully saturated rings. The van der Waals surface area contributed by atoms with Crippen LogP contribution in [0, 0.1) is 0 Å². The Morgan fingerprint density at radius 1 is 0.852 bits per heavy atom. The van der Waals surface area contributed by atoms with Gasteiger partial charge in [0, 0.05) is 0 Å². The molecular weight excluding hydrogens is 340 g/mol. The summed E-state index contributed by atoms with van der Waals surface area (Å²) >= 11 is 0. The molecule has 2 unspecified atom stereocenters. The van der Waals surface area contributed by atoms with E-state index in [0.29, 0.717) is 6.42 Å². The molecule has 0 saturated carbocycles. The van der Waals surface area contributed by atoms with Gasteiger partial charge in [0.25, 0.3) is 0 Å². The molecule has 2 atom stereocenters. The van der Waals surface area contributed by atoms with E-state index in [2.05, 4.69) is 19.1 Å². The summed E-state index contributed by atoms with van der Waals surface area (Å²) in [6.07, 6.45) is 20.2. The molecule has 0 bridgehead atoms. The zero-order chi connectivity index (χ0) is 20.4. The molecule has 0 aliphatic heterocycles. The van der Waals surface area contributed by atoms with Crippen LogP contribution in [0.5, 0.6) is 0 Å². The Bertz CT molecular complexity index is 381. The number of carbonyl (C=O) groups is 1. The molecule has 3 N–H and O–H groups in total. The van der Waals surface area contributed by atoms with Crippen molar-refractivity contribution < 1.29 is 20.1 Å². The van der Waals surface area contributed by atoms with Gasteiger partial charge in [-0.15, -0.1) is 0 Å². The number of carbonyl (C=O) groups excluding carboxylic acids is 1. The van der Waals surface area contributed by atoms with E-state index in [1.807, 2.05) is 0 Å². The number of aliphatic hydroxyl groups excluding tert-OH is 2. The smallest absolute Gasteiger partial charge is 0.164 e. The predicted octanol–water partition coefficient (Wildman–Crippen LogP) is 5.09. The van der Waals surface area contributed by atoms with Crippen LogP contribution < -0.4 is 0 Å². The van der Waals surface area contributed by atoms with Gasteiger partial charge in [-0.1, -0.05) is 83.3 Å². The third-order valence-electron chi connectivity index (χ3n) is 5.40. The number of hydrogen-bond acceptors (Lipinski definition) is 4. The molecule has 0 spiro atoms. The third kappa shape index (κ3) is 13.2. The highest BCUT2D eigenvalue weighted by Gasteiger charge is 2.39. The van der Waals surface area contributed by atoms with Gasteiger partial charge in [0.15, 0.2) is 11.4 Å². The lowest BCUT2D eigenvalue weighted by molar-refractivity contribution is -0.153. The molecule has 0 aromatic rings. The molecule has 0 saturated heterocycles. The number of unbranched alkanes of at least 4 members (excludes halogenated alkanes) is 12. The Balaban J connectivity index is 3.52. The van der Waals surface area contributed by atoms with Crippen LogP contribution >= 0.6 is 0 Å². The van der Waals surface area contributed by atoms with Crippen molar-refractivity contribution in [1.29, 1.82) is 0 Å². The van der Waals surface area contributed by atoms with Gasteiger partial charge in [-0.3, -0.25) is 4.79 Å². The second-order valence-corrected chi connectivity index (χ2v) is 7.87. The first-order valence-corrected chi connectivity index (χ1v) is 11.2. The Kier molecular flexibility index (Phi) is 16.9. The van der Waals surface area contributed by atoms with Crippen LogP contribution in [0.25, 0.3) is 0 Å². The van der Waals surface area contributed by atoms with E-state index >= 15 is 0 Å². The third-order valence-corrected chi connectivity index (χ3v) is 5.40. The van der Waals surface area contributed by atoms with E-state index in [1.165, 1.54) is 64.7 Å². The first kappa shape index (κ1) is 26.3. The largest absolute Gasteiger partial charge is 0.394 e. The van der Waals surface area contributed by atoms with Crippen molar-refractivity contribution in [3.63, 3.8) is 0 Å². The lowest BCUT2D eigenvalue weighted by atomic mass is 9.87. The van der Waals surface area contributed by atoms with Gasteiger partial charge in [-0.25, -0.2) is 0 Å². The van der Waals surface area contributed by atoms with Crippen LogP contribution in [-0.2, 0) is 4.79 Å². The summed E-state index contributed by atoms with van der Waals surface area (Å²) in [7, 11) is 0. The molecule has 0 rings (SSSR count). The average molecular weight is 385 g/mol. The summed E-state index contributed by atoms with van der Waals surface area (Å²) in [5, 5.41) is 28.8. The van der Waals surface area contributed by atoms with E-state index < -0.39 is 24.1 Å². The van der Waals surface area contributed by atoms with Gasteiger partial charge >= 0.3 is 0 Å². The second-order valence-electron chi connectivity index (χ2n) is 7.87. The maximum atomic E-state index is 11.5. The number of aliphatic hydroxyl groups is 3. The van der Waals surface area contributed by atoms with Crippen LogP contribution in [0.15, 0.2) is 12.2 Å². The highest BCUT2D eigenvalue weighted by Crippen LogP contribution is 2.21. The molecule has 0 radical (unpaired) electrons. The van der Waals surface area contributed by atoms with Crippen molar-refractivity contribution in [2.45, 2.75) is 122 Å². The minimum absolute atomic E-state index is 0.214. The van der Waals surface area contributed by atoms with Gasteiger partial charge in [-0.2, -0.15) is 0 Å². The van der Waals surface area contributed by atoms with Crippen molar-refractivity contribution in [3.8, 4) is 0 Å². The van der Waals surface area contributed by atoms with Gasteiger partial charge < -0.3 is 15.3 Å². The minimum atomic E-state index is -1.80. The normalized spacial score (nSPS) is 15.1. The van der Waals surface area contributed by atoms with E-state index in [4.69, 9.17) is 5.11 Å². The summed E-state index contributed by atoms with van der Waals surface area (Å²) in [4.78, 5) is 11.5. The SMILES string of the molecule is CCCCCCCCC=CCCCCCCCCC(O)(C(C)=O)C(O)CO. The Morgan fingerprint density at radius 3 is 1.74 bits per heavy atom. The summed E-state index contributed by atoms with van der Waals surface area (Å²) in [5.74, 6) is -0.475. The highest BCUT2D eigenvalue weighted by atomic mass is 16.4. The first-order chi connectivity index (χ1) is 13.0. The molecule has 0 aliphatic rings. The van der Waals surface area contributed by atoms with E-state index in [-0.39, 0.29) is 6.42 Å². The zero-order valence-corrected chi connectivity index (χ0v) is 17.8. The van der Waals surface area contributed by atoms with Crippen LogP contribution in [0.4, 0.5) is 0 Å². The van der Waals surface area contributed by atoms with Crippen LogP contribution in [-0.4, -0.2) is 39.4 Å². The highest BCUT2D eigenvalue weighted by molar-refractivity contribution is 5.85. The van der Waals surface area contributed by atoms with E-state index in [1.54, 1.807) is 0 Å². The molecule has 0 aromatic heterocycles. The predicted molar refractivity (Wildman–Crippen MR) is 113 cm³/mol. The maximum absolute atomic E-state index is 11.5. The van der Waals surface area contributed by atoms with E-state index in [9.17, 15) is 15.0 Å². The zero-order valence-electron chi connectivity index (χ0n) is 17.8. The number of allylic oxidation sites excluding steroid dienone is 2. The fraction of sp³-hybridized carbons (Fsp3) is 0.870. The summed E-state index contributed by atoms with van der Waals surface area (Å²) < 4.78 is 0. The van der Waals surface area contributed by atoms with Gasteiger partial charge in [0.2, 0.25) is 0 Å². The van der Waals surface area contributed by atoms with Gasteiger partial charge in [-0.05, 0) is 39.0 Å². The molecule has 0 aliphatic carbocycles. The van der Waals surface area contributed by atoms with Crippen molar-refractivity contribution in [2.75, 3.05) is 6.61 Å². The molecule has 0 aromatic carbocycles. The summed E-state index contributed by atoms with van der Waals surface area (Å²) in [5.41, 5.74) is -1.80. The fourth-order valence-corrected chi connectivity index (χ4v) is 3.37. The average Bonchev–Trinajstić information content (AvgIpc) is 2.66. The molecule has 0 amide bonds. The fourth-order valence-electron chi connectivity index (χ4n) is 3.37. The maximum Gasteiger partial charge on any atom is 0.164 e. The van der Waals surface area contributed by atoms with E-state index in [0.717, 1.165) is 25.7 Å². The quantitative estimate of drug-likeness (QED) is 0.214. The Labute approximate surface area is 167 Å². The topological polar surface area (TPSA) is 77.8 Å². The second kappa shape index (κ2) is 17.4. The first-order valence-electron chi connectivity index (χ1n) is 11.2. The molecule has 27 heavy (non-hydrogen) atoms. The van der Waals surface area contributed by atoms with Crippen LogP contribution in [0.1, 0.15) is 110 Å². The molecule has 0 heterocycles. The van der Waals surface area contributed by atoms with Crippen molar-refractivity contribution in [3.05, 3.63) is 12.2 Å². The van der Waals surface area contributed by atoms with Gasteiger partial charge in [0.05, 0.1) is 6.61 Å².